The number of hydrogen-bond donors (Lipinski definition) is 0. The molecule has 2 heterocycles. The monoisotopic (exact) mass is 473 g/mol. The average Bonchev–Trinajstić information content (AvgIpc) is 3.28. The van der Waals surface area contributed by atoms with Crippen LogP contribution in [0.15, 0.2) is 65.0 Å². The van der Waals surface area contributed by atoms with Gasteiger partial charge in [0.15, 0.2) is 14.6 Å². The zero-order valence-electron chi connectivity index (χ0n) is 16.1. The molecule has 2 aromatic heterocycles. The quantitative estimate of drug-likeness (QED) is 0.245. The molecule has 4 rings (SSSR count). The molecule has 0 saturated heterocycles. The highest BCUT2D eigenvalue weighted by molar-refractivity contribution is 7.90. The van der Waals surface area contributed by atoms with Gasteiger partial charge in [-0.15, -0.1) is 17.9 Å². The van der Waals surface area contributed by atoms with E-state index in [1.807, 2.05) is 0 Å². The summed E-state index contributed by atoms with van der Waals surface area (Å²) >= 11 is 2.42. The van der Waals surface area contributed by atoms with Crippen molar-refractivity contribution >= 4 is 64.4 Å². The Labute approximate surface area is 184 Å². The van der Waals surface area contributed by atoms with Crippen molar-refractivity contribution in [3.63, 3.8) is 0 Å². The molecule has 0 aliphatic carbocycles. The number of thiazole rings is 1. The van der Waals surface area contributed by atoms with Gasteiger partial charge in [-0.05, 0) is 30.3 Å². The average molecular weight is 474 g/mol. The zero-order valence-corrected chi connectivity index (χ0v) is 18.6. The number of thiophene rings is 1. The number of nitrogens with zero attached hydrogens (tertiary/aromatic N) is 3. The first kappa shape index (κ1) is 21.1. The third-order valence-electron chi connectivity index (χ3n) is 4.51. The van der Waals surface area contributed by atoms with Crippen molar-refractivity contribution in [3.8, 4) is 0 Å². The van der Waals surface area contributed by atoms with E-state index in [0.29, 0.717) is 26.3 Å². The van der Waals surface area contributed by atoms with Crippen LogP contribution in [0.5, 0.6) is 0 Å². The van der Waals surface area contributed by atoms with Crippen LogP contribution in [0.3, 0.4) is 0 Å². The largest absolute Gasteiger partial charge is 0.312 e. The topological polar surface area (TPSA) is 112 Å². The molecule has 0 aliphatic rings. The fourth-order valence-corrected chi connectivity index (χ4v) is 5.79. The highest BCUT2D eigenvalue weighted by atomic mass is 32.2. The fourth-order valence-electron chi connectivity index (χ4n) is 3.07. The number of hydrogen-bond acceptors (Lipinski definition) is 7. The second-order valence-corrected chi connectivity index (χ2v) is 10.8. The Morgan fingerprint density at radius 3 is 2.65 bits per heavy atom. The standard InChI is InChI=1S/C20H15N3O5S3/c1-3-8-22-15-6-5-14(31(2,27)28)11-17(15)30-20(22)21-19(24)18-10-12-9-13(23(25)26)4-7-16(12)29-18/h3-7,9-11H,1,8H2,2H3. The highest BCUT2D eigenvalue weighted by Crippen LogP contribution is 2.29. The van der Waals surface area contributed by atoms with Crippen LogP contribution in [0.2, 0.25) is 0 Å². The molecule has 158 valence electrons. The third kappa shape index (κ3) is 4.07. The van der Waals surface area contributed by atoms with E-state index in [9.17, 15) is 23.3 Å². The minimum Gasteiger partial charge on any atom is -0.312 e. The minimum atomic E-state index is -3.37. The maximum Gasteiger partial charge on any atom is 0.289 e. The van der Waals surface area contributed by atoms with Gasteiger partial charge in [0.1, 0.15) is 0 Å². The number of non-ortho nitro benzene ring substituents is 1. The lowest BCUT2D eigenvalue weighted by Gasteiger charge is -2.02. The summed E-state index contributed by atoms with van der Waals surface area (Å²) in [5.74, 6) is -0.475. The maximum absolute atomic E-state index is 12.8. The molecule has 1 amide bonds. The normalized spacial score (nSPS) is 12.5. The first-order valence-electron chi connectivity index (χ1n) is 8.89. The smallest absolute Gasteiger partial charge is 0.289 e. The Hall–Kier alpha value is -3.15. The number of rotatable bonds is 5. The first-order valence-corrected chi connectivity index (χ1v) is 12.4. The molecular weight excluding hydrogens is 458 g/mol. The Morgan fingerprint density at radius 1 is 1.19 bits per heavy atom. The van der Waals surface area contributed by atoms with Crippen molar-refractivity contribution in [1.29, 1.82) is 0 Å². The first-order chi connectivity index (χ1) is 14.7. The Kier molecular flexibility index (Phi) is 5.33. The number of carbonyl (C=O) groups excluding carboxylic acids is 1. The molecule has 31 heavy (non-hydrogen) atoms. The number of sulfone groups is 1. The van der Waals surface area contributed by atoms with E-state index in [2.05, 4.69) is 11.6 Å². The van der Waals surface area contributed by atoms with Gasteiger partial charge in [-0.1, -0.05) is 17.4 Å². The summed E-state index contributed by atoms with van der Waals surface area (Å²) in [6, 6.07) is 10.8. The second kappa shape index (κ2) is 7.84. The summed E-state index contributed by atoms with van der Waals surface area (Å²) in [6.07, 6.45) is 2.80. The molecule has 0 fully saturated rings. The second-order valence-electron chi connectivity index (χ2n) is 6.69. The molecule has 0 atom stereocenters. The summed E-state index contributed by atoms with van der Waals surface area (Å²) in [4.78, 5) is 28.5. The van der Waals surface area contributed by atoms with Crippen LogP contribution < -0.4 is 4.80 Å². The molecule has 0 N–H and O–H groups in total. The summed E-state index contributed by atoms with van der Waals surface area (Å²) < 4.78 is 27.0. The lowest BCUT2D eigenvalue weighted by Crippen LogP contribution is -2.16. The predicted octanol–water partition coefficient (Wildman–Crippen LogP) is 4.16. The van der Waals surface area contributed by atoms with Gasteiger partial charge in [-0.3, -0.25) is 14.9 Å². The van der Waals surface area contributed by atoms with Gasteiger partial charge < -0.3 is 4.57 Å². The fraction of sp³-hybridized carbons (Fsp3) is 0.100. The van der Waals surface area contributed by atoms with E-state index in [0.717, 1.165) is 16.5 Å². The Bertz CT molecular complexity index is 1560. The molecule has 0 saturated carbocycles. The van der Waals surface area contributed by atoms with E-state index >= 15 is 0 Å². The lowest BCUT2D eigenvalue weighted by atomic mass is 10.2. The molecule has 4 aromatic rings. The molecule has 8 nitrogen and oxygen atoms in total. The van der Waals surface area contributed by atoms with Gasteiger partial charge >= 0.3 is 0 Å². The van der Waals surface area contributed by atoms with Crippen molar-refractivity contribution in [3.05, 3.63) is 74.9 Å². The molecule has 0 bridgehead atoms. The summed E-state index contributed by atoms with van der Waals surface area (Å²) in [5.41, 5.74) is 0.701. The number of amides is 1. The van der Waals surface area contributed by atoms with Crippen LogP contribution in [0.25, 0.3) is 20.3 Å². The Balaban J connectivity index is 1.83. The molecule has 0 radical (unpaired) electrons. The SMILES string of the molecule is C=CCn1c(=NC(=O)c2cc3cc([N+](=O)[O-])ccc3s2)sc2cc(S(C)(=O)=O)ccc21. The Morgan fingerprint density at radius 2 is 1.97 bits per heavy atom. The van der Waals surface area contributed by atoms with Crippen molar-refractivity contribution in [2.24, 2.45) is 4.99 Å². The number of aromatic nitrogens is 1. The van der Waals surface area contributed by atoms with Gasteiger partial charge in [0.05, 0.1) is 24.9 Å². The van der Waals surface area contributed by atoms with Gasteiger partial charge in [-0.2, -0.15) is 4.99 Å². The number of allylic oxidation sites excluding steroid dienone is 1. The van der Waals surface area contributed by atoms with Crippen LogP contribution in [0.4, 0.5) is 5.69 Å². The third-order valence-corrected chi connectivity index (χ3v) is 7.77. The van der Waals surface area contributed by atoms with Crippen LogP contribution in [0, 0.1) is 10.1 Å². The van der Waals surface area contributed by atoms with E-state index in [-0.39, 0.29) is 10.6 Å². The number of fused-ring (bicyclic) bond motifs is 2. The van der Waals surface area contributed by atoms with Crippen LogP contribution >= 0.6 is 22.7 Å². The van der Waals surface area contributed by atoms with Gasteiger partial charge in [-0.25, -0.2) is 8.42 Å². The highest BCUT2D eigenvalue weighted by Gasteiger charge is 2.15. The molecule has 2 aromatic carbocycles. The number of carbonyl (C=O) groups is 1. The number of nitro groups is 1. The van der Waals surface area contributed by atoms with Crippen LogP contribution in [-0.2, 0) is 16.4 Å². The van der Waals surface area contributed by atoms with E-state index in [1.165, 1.54) is 40.9 Å². The summed E-state index contributed by atoms with van der Waals surface area (Å²) in [7, 11) is -3.37. The molecule has 11 heteroatoms. The van der Waals surface area contributed by atoms with Crippen LogP contribution in [0.1, 0.15) is 9.67 Å². The molecule has 0 spiro atoms. The maximum atomic E-state index is 12.8. The lowest BCUT2D eigenvalue weighted by molar-refractivity contribution is -0.384. The summed E-state index contributed by atoms with van der Waals surface area (Å²) in [5, 5.41) is 11.6. The van der Waals surface area contributed by atoms with Crippen molar-refractivity contribution in [1.82, 2.24) is 4.57 Å². The van der Waals surface area contributed by atoms with Gasteiger partial charge in [0.2, 0.25) is 0 Å². The van der Waals surface area contributed by atoms with Crippen molar-refractivity contribution in [2.45, 2.75) is 11.4 Å². The molecule has 0 unspecified atom stereocenters. The number of benzene rings is 2. The van der Waals surface area contributed by atoms with E-state index < -0.39 is 20.7 Å². The minimum absolute atomic E-state index is 0.0451. The molecular formula is C20H15N3O5S3. The van der Waals surface area contributed by atoms with Crippen molar-refractivity contribution < 1.29 is 18.1 Å². The van der Waals surface area contributed by atoms with Crippen LogP contribution in [-0.4, -0.2) is 30.1 Å². The summed E-state index contributed by atoms with van der Waals surface area (Å²) in [6.45, 7) is 4.13. The van der Waals surface area contributed by atoms with E-state index in [1.54, 1.807) is 34.9 Å². The molecule has 0 aliphatic heterocycles. The van der Waals surface area contributed by atoms with Gasteiger partial charge in [0, 0.05) is 35.0 Å². The predicted molar refractivity (Wildman–Crippen MR) is 121 cm³/mol. The van der Waals surface area contributed by atoms with Crippen molar-refractivity contribution in [2.75, 3.05) is 6.26 Å². The van der Waals surface area contributed by atoms with Gasteiger partial charge in [0.25, 0.3) is 11.6 Å². The van der Waals surface area contributed by atoms with E-state index in [4.69, 9.17) is 0 Å². The zero-order chi connectivity index (χ0) is 22.3. The number of nitro benzene ring substituents is 1.